The summed E-state index contributed by atoms with van der Waals surface area (Å²) in [5.41, 5.74) is 6.80. The van der Waals surface area contributed by atoms with Gasteiger partial charge >= 0.3 is 0 Å². The van der Waals surface area contributed by atoms with Crippen molar-refractivity contribution in [3.05, 3.63) is 11.9 Å². The molecular weight excluding hydrogens is 192 g/mol. The predicted octanol–water partition coefficient (Wildman–Crippen LogP) is 1.02. The van der Waals surface area contributed by atoms with Gasteiger partial charge in [-0.1, -0.05) is 19.1 Å². The number of nitrogens with zero attached hydrogens (tertiary/aromatic N) is 3. The van der Waals surface area contributed by atoms with Gasteiger partial charge < -0.3 is 10.5 Å². The van der Waals surface area contributed by atoms with Crippen molar-refractivity contribution >= 4 is 0 Å². The highest BCUT2D eigenvalue weighted by Gasteiger charge is 2.36. The van der Waals surface area contributed by atoms with Crippen LogP contribution in [0.15, 0.2) is 6.20 Å². The molecule has 2 N–H and O–H groups in total. The van der Waals surface area contributed by atoms with Crippen LogP contribution in [0.2, 0.25) is 0 Å². The molecule has 0 aliphatic heterocycles. The Labute approximate surface area is 90.6 Å². The summed E-state index contributed by atoms with van der Waals surface area (Å²) in [4.78, 5) is 0. The van der Waals surface area contributed by atoms with Gasteiger partial charge in [-0.05, 0) is 12.8 Å². The van der Waals surface area contributed by atoms with E-state index in [0.717, 1.165) is 18.5 Å². The smallest absolute Gasteiger partial charge is 0.0881 e. The predicted molar refractivity (Wildman–Crippen MR) is 58.3 cm³/mol. The van der Waals surface area contributed by atoms with Crippen LogP contribution in [0.3, 0.4) is 0 Å². The van der Waals surface area contributed by atoms with E-state index >= 15 is 0 Å². The van der Waals surface area contributed by atoms with Gasteiger partial charge in [-0.25, -0.2) is 0 Å². The Hall–Kier alpha value is -0.940. The maximum absolute atomic E-state index is 6.23. The first-order valence-electron chi connectivity index (χ1n) is 5.26. The summed E-state index contributed by atoms with van der Waals surface area (Å²) < 4.78 is 7.28. The first-order chi connectivity index (χ1) is 7.11. The van der Waals surface area contributed by atoms with E-state index in [2.05, 4.69) is 24.2 Å². The van der Waals surface area contributed by atoms with E-state index in [1.54, 1.807) is 18.0 Å². The van der Waals surface area contributed by atoms with Gasteiger partial charge in [0.1, 0.15) is 0 Å². The van der Waals surface area contributed by atoms with Crippen molar-refractivity contribution < 1.29 is 4.74 Å². The third-order valence-corrected chi connectivity index (χ3v) is 3.24. The van der Waals surface area contributed by atoms with Crippen LogP contribution in [0.1, 0.15) is 38.4 Å². The Kier molecular flexibility index (Phi) is 3.82. The van der Waals surface area contributed by atoms with Crippen molar-refractivity contribution in [3.8, 4) is 0 Å². The van der Waals surface area contributed by atoms with Crippen LogP contribution in [0.5, 0.6) is 0 Å². The lowest BCUT2D eigenvalue weighted by Crippen LogP contribution is -2.43. The van der Waals surface area contributed by atoms with Gasteiger partial charge in [0.2, 0.25) is 0 Å². The van der Waals surface area contributed by atoms with E-state index < -0.39 is 0 Å². The minimum atomic E-state index is -0.324. The Morgan fingerprint density at radius 3 is 2.47 bits per heavy atom. The molecule has 1 atom stereocenters. The summed E-state index contributed by atoms with van der Waals surface area (Å²) in [7, 11) is 3.55. The molecule has 0 aliphatic rings. The Balaban J connectivity index is 3.00. The summed E-state index contributed by atoms with van der Waals surface area (Å²) in [6, 6.07) is -0.197. The molecule has 1 aromatic heterocycles. The summed E-state index contributed by atoms with van der Waals surface area (Å²) >= 11 is 0. The van der Waals surface area contributed by atoms with Crippen LogP contribution in [-0.4, -0.2) is 27.7 Å². The molecule has 5 heteroatoms. The molecule has 1 rings (SSSR count). The number of hydrogen-bond acceptors (Lipinski definition) is 4. The highest BCUT2D eigenvalue weighted by Crippen LogP contribution is 2.32. The number of aromatic nitrogens is 3. The number of aryl methyl sites for hydroxylation is 1. The van der Waals surface area contributed by atoms with E-state index in [1.165, 1.54) is 0 Å². The van der Waals surface area contributed by atoms with Gasteiger partial charge in [0, 0.05) is 14.2 Å². The van der Waals surface area contributed by atoms with Crippen LogP contribution in [0, 0.1) is 0 Å². The lowest BCUT2D eigenvalue weighted by molar-refractivity contribution is -0.0403. The maximum atomic E-state index is 6.23. The number of hydrogen-bond donors (Lipinski definition) is 1. The topological polar surface area (TPSA) is 66.0 Å². The molecular formula is C10H20N4O. The largest absolute Gasteiger partial charge is 0.376 e. The van der Waals surface area contributed by atoms with Crippen LogP contribution in [-0.2, 0) is 11.8 Å². The van der Waals surface area contributed by atoms with Crippen molar-refractivity contribution in [3.63, 3.8) is 0 Å². The molecule has 86 valence electrons. The summed E-state index contributed by atoms with van der Waals surface area (Å²) in [5.74, 6) is 0. The average Bonchev–Trinajstić information content (AvgIpc) is 2.67. The van der Waals surface area contributed by atoms with E-state index in [1.807, 2.05) is 7.05 Å². The molecule has 0 spiro atoms. The Morgan fingerprint density at radius 1 is 1.53 bits per heavy atom. The maximum Gasteiger partial charge on any atom is 0.0881 e. The molecule has 1 unspecified atom stereocenters. The molecule has 0 aromatic carbocycles. The third-order valence-electron chi connectivity index (χ3n) is 3.24. The molecule has 1 aromatic rings. The molecule has 15 heavy (non-hydrogen) atoms. The van der Waals surface area contributed by atoms with Crippen molar-refractivity contribution in [2.75, 3.05) is 7.11 Å². The van der Waals surface area contributed by atoms with Crippen LogP contribution < -0.4 is 5.73 Å². The Morgan fingerprint density at radius 2 is 2.13 bits per heavy atom. The SMILES string of the molecule is CCC(CC)(OC)C(N)c1cnnn1C. The second kappa shape index (κ2) is 4.72. The molecule has 0 bridgehead atoms. The van der Waals surface area contributed by atoms with Gasteiger partial charge in [0.15, 0.2) is 0 Å². The lowest BCUT2D eigenvalue weighted by atomic mass is 9.87. The fourth-order valence-electron chi connectivity index (χ4n) is 1.95. The number of ether oxygens (including phenoxy) is 1. The highest BCUT2D eigenvalue weighted by molar-refractivity contribution is 5.08. The standard InChI is InChI=1S/C10H20N4O/c1-5-10(6-2,15-4)9(11)8-7-12-13-14(8)3/h7,9H,5-6,11H2,1-4H3. The minimum Gasteiger partial charge on any atom is -0.376 e. The summed E-state index contributed by atoms with van der Waals surface area (Å²) in [6.07, 6.45) is 3.43. The fraction of sp³-hybridized carbons (Fsp3) is 0.800. The third kappa shape index (κ3) is 2.03. The quantitative estimate of drug-likeness (QED) is 0.791. The van der Waals surface area contributed by atoms with Crippen molar-refractivity contribution in [2.24, 2.45) is 12.8 Å². The first-order valence-corrected chi connectivity index (χ1v) is 5.26. The Bertz CT molecular complexity index is 298. The van der Waals surface area contributed by atoms with E-state index in [4.69, 9.17) is 10.5 Å². The van der Waals surface area contributed by atoms with Crippen molar-refractivity contribution in [1.82, 2.24) is 15.0 Å². The van der Waals surface area contributed by atoms with Crippen molar-refractivity contribution in [2.45, 2.75) is 38.3 Å². The van der Waals surface area contributed by atoms with E-state index in [9.17, 15) is 0 Å². The minimum absolute atomic E-state index is 0.197. The van der Waals surface area contributed by atoms with Gasteiger partial charge in [0.25, 0.3) is 0 Å². The molecule has 0 fully saturated rings. The first kappa shape index (κ1) is 12.1. The van der Waals surface area contributed by atoms with E-state index in [-0.39, 0.29) is 11.6 Å². The molecule has 0 aliphatic carbocycles. The lowest BCUT2D eigenvalue weighted by Gasteiger charge is -2.35. The summed E-state index contributed by atoms with van der Waals surface area (Å²) in [5, 5.41) is 7.72. The number of methoxy groups -OCH3 is 1. The number of rotatable bonds is 5. The van der Waals surface area contributed by atoms with Crippen LogP contribution in [0.4, 0.5) is 0 Å². The van der Waals surface area contributed by atoms with Crippen LogP contribution >= 0.6 is 0 Å². The monoisotopic (exact) mass is 212 g/mol. The van der Waals surface area contributed by atoms with Gasteiger partial charge in [0.05, 0.1) is 23.5 Å². The van der Waals surface area contributed by atoms with Gasteiger partial charge in [-0.15, -0.1) is 5.10 Å². The zero-order chi connectivity index (χ0) is 11.5. The van der Waals surface area contributed by atoms with E-state index in [0.29, 0.717) is 0 Å². The zero-order valence-electron chi connectivity index (χ0n) is 9.90. The average molecular weight is 212 g/mol. The fourth-order valence-corrected chi connectivity index (χ4v) is 1.95. The van der Waals surface area contributed by atoms with Crippen molar-refractivity contribution in [1.29, 1.82) is 0 Å². The molecule has 0 amide bonds. The molecule has 0 saturated carbocycles. The highest BCUT2D eigenvalue weighted by atomic mass is 16.5. The number of nitrogens with two attached hydrogens (primary N) is 1. The molecule has 5 nitrogen and oxygen atoms in total. The van der Waals surface area contributed by atoms with Gasteiger partial charge in [-0.2, -0.15) is 0 Å². The molecule has 0 saturated heterocycles. The normalized spacial score (nSPS) is 14.2. The summed E-state index contributed by atoms with van der Waals surface area (Å²) in [6.45, 7) is 4.16. The van der Waals surface area contributed by atoms with Gasteiger partial charge in [-0.3, -0.25) is 4.68 Å². The molecule has 1 heterocycles. The second-order valence-electron chi connectivity index (χ2n) is 3.74. The second-order valence-corrected chi connectivity index (χ2v) is 3.74. The molecule has 0 radical (unpaired) electrons. The van der Waals surface area contributed by atoms with Crippen LogP contribution in [0.25, 0.3) is 0 Å². The zero-order valence-corrected chi connectivity index (χ0v) is 9.90.